The summed E-state index contributed by atoms with van der Waals surface area (Å²) in [5.41, 5.74) is 17.9. The smallest absolute Gasteiger partial charge is 0.161 e. The quantitative estimate of drug-likeness (QED) is 0.186. The summed E-state index contributed by atoms with van der Waals surface area (Å²) in [6, 6.07) is 65.3. The van der Waals surface area contributed by atoms with Gasteiger partial charge in [-0.05, 0) is 79.9 Å². The van der Waals surface area contributed by atoms with E-state index in [2.05, 4.69) is 170 Å². The topological polar surface area (TPSA) is 38.9 Å². The van der Waals surface area contributed by atoms with Gasteiger partial charge in [0, 0.05) is 27.3 Å². The molecule has 250 valence electrons. The summed E-state index contributed by atoms with van der Waals surface area (Å²) in [6.07, 6.45) is 0. The van der Waals surface area contributed by atoms with Crippen molar-refractivity contribution in [3.05, 3.63) is 204 Å². The van der Waals surface area contributed by atoms with Crippen molar-refractivity contribution in [1.29, 1.82) is 0 Å². The lowest BCUT2D eigenvalue weighted by Gasteiger charge is -2.30. The number of aromatic nitrogens is 2. The highest BCUT2D eigenvalue weighted by molar-refractivity contribution is 6.06. The Morgan fingerprint density at radius 3 is 1.70 bits per heavy atom. The number of hydrogen-bond donors (Lipinski definition) is 0. The number of rotatable bonds is 3. The zero-order valence-corrected chi connectivity index (χ0v) is 29.1. The maximum absolute atomic E-state index is 6.10. The Morgan fingerprint density at radius 1 is 0.370 bits per heavy atom. The van der Waals surface area contributed by atoms with Gasteiger partial charge >= 0.3 is 0 Å². The molecule has 0 saturated carbocycles. The number of nitrogens with zero attached hydrogens (tertiary/aromatic N) is 2. The van der Waals surface area contributed by atoms with Gasteiger partial charge in [-0.15, -0.1) is 0 Å². The molecule has 12 rings (SSSR count). The molecule has 54 heavy (non-hydrogen) atoms. The second kappa shape index (κ2) is 11.0. The van der Waals surface area contributed by atoms with Crippen molar-refractivity contribution in [2.45, 2.75) is 5.41 Å². The first-order chi connectivity index (χ1) is 26.8. The summed E-state index contributed by atoms with van der Waals surface area (Å²) in [5.74, 6) is 0.730. The second-order valence-electron chi connectivity index (χ2n) is 14.4. The van der Waals surface area contributed by atoms with Gasteiger partial charge in [0.2, 0.25) is 0 Å². The number of furan rings is 1. The molecule has 0 saturated heterocycles. The van der Waals surface area contributed by atoms with Crippen molar-refractivity contribution in [3.8, 4) is 56.0 Å². The van der Waals surface area contributed by atoms with Gasteiger partial charge in [-0.25, -0.2) is 9.97 Å². The fourth-order valence-electron chi connectivity index (χ4n) is 9.47. The van der Waals surface area contributed by atoms with Crippen LogP contribution in [0.25, 0.3) is 88.9 Å². The van der Waals surface area contributed by atoms with Gasteiger partial charge in [-0.3, -0.25) is 0 Å². The van der Waals surface area contributed by atoms with Crippen LogP contribution in [0.15, 0.2) is 186 Å². The average molecular weight is 687 g/mol. The van der Waals surface area contributed by atoms with Gasteiger partial charge in [-0.1, -0.05) is 158 Å². The fourth-order valence-corrected chi connectivity index (χ4v) is 9.47. The summed E-state index contributed by atoms with van der Waals surface area (Å²) < 4.78 is 6.10. The Bertz CT molecular complexity index is 3130. The lowest BCUT2D eigenvalue weighted by molar-refractivity contribution is 0.669. The molecule has 0 bridgehead atoms. The molecule has 0 unspecified atom stereocenters. The summed E-state index contributed by atoms with van der Waals surface area (Å²) in [4.78, 5) is 10.7. The molecule has 0 atom stereocenters. The Morgan fingerprint density at radius 2 is 0.926 bits per heavy atom. The van der Waals surface area contributed by atoms with Crippen molar-refractivity contribution in [3.63, 3.8) is 0 Å². The van der Waals surface area contributed by atoms with Gasteiger partial charge < -0.3 is 4.42 Å². The maximum atomic E-state index is 6.10. The van der Waals surface area contributed by atoms with Crippen LogP contribution in [0.5, 0.6) is 0 Å². The standard InChI is InChI=1S/C51H30N2O/c1-6-18-41-34(12-1)35-13-2-7-19-42(35)51(41)43-20-8-3-15-37(43)48-39(17-11-21-44(48)51)50-52-45-22-9-4-16-38(45)49(53-50)32-26-24-31(25-27-32)33-28-29-47-40(30-33)36-14-5-10-23-46(36)54-47/h1-30H. The van der Waals surface area contributed by atoms with E-state index >= 15 is 0 Å². The van der Waals surface area contributed by atoms with E-state index in [4.69, 9.17) is 14.4 Å². The molecule has 1 spiro atoms. The minimum Gasteiger partial charge on any atom is -0.456 e. The van der Waals surface area contributed by atoms with Crippen molar-refractivity contribution in [2.75, 3.05) is 0 Å². The fraction of sp³-hybridized carbons (Fsp3) is 0.0196. The normalized spacial score (nSPS) is 13.3. The first-order valence-corrected chi connectivity index (χ1v) is 18.5. The molecule has 3 heteroatoms. The largest absolute Gasteiger partial charge is 0.456 e. The SMILES string of the molecule is c1ccc2c(c1)-c1ccccc1C21c2ccccc2-c2c(-c3nc(-c4ccc(-c5ccc6oc7ccccc7c6c5)cc4)c4ccccc4n3)cccc21. The summed E-state index contributed by atoms with van der Waals surface area (Å²) >= 11 is 0. The van der Waals surface area contributed by atoms with Crippen LogP contribution in [0, 0.1) is 0 Å². The van der Waals surface area contributed by atoms with Crippen LogP contribution in [-0.2, 0) is 5.41 Å². The third-order valence-electron chi connectivity index (χ3n) is 11.7. The van der Waals surface area contributed by atoms with Crippen LogP contribution in [-0.4, -0.2) is 9.97 Å². The van der Waals surface area contributed by atoms with E-state index in [-0.39, 0.29) is 0 Å². The van der Waals surface area contributed by atoms with Gasteiger partial charge in [-0.2, -0.15) is 0 Å². The van der Waals surface area contributed by atoms with Crippen LogP contribution >= 0.6 is 0 Å². The highest BCUT2D eigenvalue weighted by atomic mass is 16.3. The molecule has 2 aromatic heterocycles. The number of hydrogen-bond acceptors (Lipinski definition) is 3. The molecule has 2 heterocycles. The molecule has 0 amide bonds. The molecule has 3 nitrogen and oxygen atoms in total. The Balaban J connectivity index is 1.04. The molecule has 0 N–H and O–H groups in total. The predicted molar refractivity (Wildman–Crippen MR) is 219 cm³/mol. The summed E-state index contributed by atoms with van der Waals surface area (Å²) in [6.45, 7) is 0. The molecular formula is C51H30N2O. The van der Waals surface area contributed by atoms with Crippen molar-refractivity contribution in [1.82, 2.24) is 9.97 Å². The highest BCUT2D eigenvalue weighted by Crippen LogP contribution is 2.63. The van der Waals surface area contributed by atoms with Gasteiger partial charge in [0.15, 0.2) is 5.82 Å². The lowest BCUT2D eigenvalue weighted by Crippen LogP contribution is -2.25. The molecule has 0 fully saturated rings. The Hall–Kier alpha value is -7.10. The van der Waals surface area contributed by atoms with Crippen LogP contribution in [0.4, 0.5) is 0 Å². The highest BCUT2D eigenvalue weighted by Gasteiger charge is 2.52. The van der Waals surface area contributed by atoms with Crippen molar-refractivity contribution in [2.24, 2.45) is 0 Å². The number of fused-ring (bicyclic) bond motifs is 14. The van der Waals surface area contributed by atoms with Gasteiger partial charge in [0.05, 0.1) is 16.6 Å². The van der Waals surface area contributed by atoms with E-state index in [1.54, 1.807) is 0 Å². The third kappa shape index (κ3) is 3.90. The van der Waals surface area contributed by atoms with E-state index in [1.165, 1.54) is 44.5 Å². The van der Waals surface area contributed by atoms with Crippen molar-refractivity contribution >= 4 is 32.8 Å². The summed E-state index contributed by atoms with van der Waals surface area (Å²) in [5, 5.41) is 3.29. The minimum atomic E-state index is -0.420. The monoisotopic (exact) mass is 686 g/mol. The van der Waals surface area contributed by atoms with Crippen molar-refractivity contribution < 1.29 is 4.42 Å². The van der Waals surface area contributed by atoms with E-state index in [0.717, 1.165) is 66.6 Å². The number of para-hydroxylation sites is 2. The minimum absolute atomic E-state index is 0.420. The molecule has 0 aliphatic heterocycles. The third-order valence-corrected chi connectivity index (χ3v) is 11.7. The second-order valence-corrected chi connectivity index (χ2v) is 14.4. The van der Waals surface area contributed by atoms with E-state index in [0.29, 0.717) is 0 Å². The molecule has 8 aromatic carbocycles. The van der Waals surface area contributed by atoms with E-state index in [1.807, 2.05) is 12.1 Å². The van der Waals surface area contributed by atoms with Gasteiger partial charge in [0.1, 0.15) is 11.2 Å². The van der Waals surface area contributed by atoms with Crippen LogP contribution in [0.1, 0.15) is 22.3 Å². The molecular weight excluding hydrogens is 657 g/mol. The predicted octanol–water partition coefficient (Wildman–Crippen LogP) is 12.9. The number of benzene rings is 8. The first kappa shape index (κ1) is 29.5. The van der Waals surface area contributed by atoms with E-state index < -0.39 is 5.41 Å². The van der Waals surface area contributed by atoms with Gasteiger partial charge in [0.25, 0.3) is 0 Å². The van der Waals surface area contributed by atoms with Crippen LogP contribution in [0.3, 0.4) is 0 Å². The molecule has 10 aromatic rings. The molecule has 2 aliphatic rings. The van der Waals surface area contributed by atoms with E-state index in [9.17, 15) is 0 Å². The molecule has 2 aliphatic carbocycles. The first-order valence-electron chi connectivity index (χ1n) is 18.5. The Labute approximate surface area is 311 Å². The zero-order chi connectivity index (χ0) is 35.4. The Kier molecular flexibility index (Phi) is 5.98. The average Bonchev–Trinajstić information content (AvgIpc) is 3.87. The lowest BCUT2D eigenvalue weighted by atomic mass is 9.70. The van der Waals surface area contributed by atoms with Crippen LogP contribution < -0.4 is 0 Å². The maximum Gasteiger partial charge on any atom is 0.161 e. The molecule has 0 radical (unpaired) electrons. The summed E-state index contributed by atoms with van der Waals surface area (Å²) in [7, 11) is 0. The van der Waals surface area contributed by atoms with Crippen LogP contribution in [0.2, 0.25) is 0 Å². The zero-order valence-electron chi connectivity index (χ0n) is 29.1.